The van der Waals surface area contributed by atoms with Crippen LogP contribution in [-0.4, -0.2) is 12.3 Å². The van der Waals surface area contributed by atoms with Gasteiger partial charge in [0.15, 0.2) is 0 Å². The largest absolute Gasteiger partial charge is 0.384 e. The molecule has 0 spiro atoms. The van der Waals surface area contributed by atoms with Gasteiger partial charge in [-0.25, -0.2) is 8.78 Å². The summed E-state index contributed by atoms with van der Waals surface area (Å²) in [5.41, 5.74) is 1.97. The Kier molecular flexibility index (Phi) is 3.22. The number of halogens is 2. The molecule has 0 aliphatic carbocycles. The summed E-state index contributed by atoms with van der Waals surface area (Å²) in [6.07, 6.45) is -0.0930. The standard InChI is InChI=1S/C16H13F2NO/c17-11-5-6-14(18)10(7-11)8-16(20)13-9-19-15-4-2-1-3-12(13)15/h1-7,13,19H,8-9H2. The second kappa shape index (κ2) is 5.04. The molecule has 0 aromatic heterocycles. The van der Waals surface area contributed by atoms with Crippen molar-refractivity contribution in [1.82, 2.24) is 0 Å². The van der Waals surface area contributed by atoms with Crippen molar-refractivity contribution in [2.45, 2.75) is 12.3 Å². The van der Waals surface area contributed by atoms with Crippen LogP contribution in [-0.2, 0) is 11.2 Å². The molecule has 0 fully saturated rings. The van der Waals surface area contributed by atoms with Crippen molar-refractivity contribution in [3.05, 3.63) is 65.2 Å². The molecule has 20 heavy (non-hydrogen) atoms. The minimum Gasteiger partial charge on any atom is -0.384 e. The zero-order valence-electron chi connectivity index (χ0n) is 10.7. The number of anilines is 1. The van der Waals surface area contributed by atoms with Crippen molar-refractivity contribution in [2.24, 2.45) is 0 Å². The number of carbonyl (C=O) groups excluding carboxylic acids is 1. The van der Waals surface area contributed by atoms with Crippen LogP contribution in [0.3, 0.4) is 0 Å². The first-order valence-corrected chi connectivity index (χ1v) is 6.44. The molecule has 1 N–H and O–H groups in total. The molecule has 1 aliphatic rings. The van der Waals surface area contributed by atoms with Gasteiger partial charge in [0.25, 0.3) is 0 Å². The molecule has 2 aromatic carbocycles. The van der Waals surface area contributed by atoms with Gasteiger partial charge in [-0.2, -0.15) is 0 Å². The molecule has 0 saturated heterocycles. The number of benzene rings is 2. The monoisotopic (exact) mass is 273 g/mol. The lowest BCUT2D eigenvalue weighted by atomic mass is 9.92. The zero-order valence-corrected chi connectivity index (χ0v) is 10.7. The first-order valence-electron chi connectivity index (χ1n) is 6.44. The molecule has 0 radical (unpaired) electrons. The summed E-state index contributed by atoms with van der Waals surface area (Å²) in [4.78, 5) is 12.3. The highest BCUT2D eigenvalue weighted by molar-refractivity contribution is 5.91. The molecule has 2 nitrogen and oxygen atoms in total. The van der Waals surface area contributed by atoms with E-state index >= 15 is 0 Å². The molecule has 4 heteroatoms. The van der Waals surface area contributed by atoms with E-state index in [4.69, 9.17) is 0 Å². The van der Waals surface area contributed by atoms with E-state index in [1.54, 1.807) is 0 Å². The van der Waals surface area contributed by atoms with Crippen LogP contribution in [0.2, 0.25) is 0 Å². The van der Waals surface area contributed by atoms with Crippen LogP contribution in [0.25, 0.3) is 0 Å². The molecule has 0 amide bonds. The summed E-state index contributed by atoms with van der Waals surface area (Å²) in [6.45, 7) is 0.509. The van der Waals surface area contributed by atoms with E-state index < -0.39 is 11.6 Å². The van der Waals surface area contributed by atoms with Gasteiger partial charge in [-0.3, -0.25) is 4.79 Å². The number of nitrogens with one attached hydrogen (secondary N) is 1. The van der Waals surface area contributed by atoms with Gasteiger partial charge in [0.2, 0.25) is 0 Å². The number of hydrogen-bond acceptors (Lipinski definition) is 2. The van der Waals surface area contributed by atoms with E-state index in [2.05, 4.69) is 5.32 Å². The average Bonchev–Trinajstić information content (AvgIpc) is 2.87. The Balaban J connectivity index is 1.83. The van der Waals surface area contributed by atoms with Gasteiger partial charge >= 0.3 is 0 Å². The zero-order chi connectivity index (χ0) is 14.1. The van der Waals surface area contributed by atoms with Crippen LogP contribution in [0.15, 0.2) is 42.5 Å². The lowest BCUT2D eigenvalue weighted by Gasteiger charge is -2.09. The summed E-state index contributed by atoms with van der Waals surface area (Å²) < 4.78 is 26.7. The number of carbonyl (C=O) groups is 1. The molecule has 102 valence electrons. The number of fused-ring (bicyclic) bond motifs is 1. The number of ketones is 1. The molecule has 1 heterocycles. The lowest BCUT2D eigenvalue weighted by Crippen LogP contribution is -2.17. The SMILES string of the molecule is O=C(Cc1cc(F)ccc1F)C1CNc2ccccc21. The average molecular weight is 273 g/mol. The van der Waals surface area contributed by atoms with E-state index in [1.165, 1.54) is 0 Å². The maximum Gasteiger partial charge on any atom is 0.146 e. The third-order valence-corrected chi connectivity index (χ3v) is 3.59. The number of Topliss-reactive ketones (excluding diaryl/α,β-unsaturated/α-hetero) is 1. The highest BCUT2D eigenvalue weighted by Crippen LogP contribution is 2.32. The highest BCUT2D eigenvalue weighted by Gasteiger charge is 2.28. The fraction of sp³-hybridized carbons (Fsp3) is 0.188. The molecular weight excluding hydrogens is 260 g/mol. The Labute approximate surface area is 115 Å². The normalized spacial score (nSPS) is 16.6. The summed E-state index contributed by atoms with van der Waals surface area (Å²) in [5.74, 6) is -1.47. The Morgan fingerprint density at radius 2 is 2.00 bits per heavy atom. The Morgan fingerprint density at radius 3 is 2.85 bits per heavy atom. The van der Waals surface area contributed by atoms with Gasteiger partial charge in [0, 0.05) is 18.7 Å². The maximum absolute atomic E-state index is 13.6. The Morgan fingerprint density at radius 1 is 1.20 bits per heavy atom. The van der Waals surface area contributed by atoms with Gasteiger partial charge in [-0.1, -0.05) is 18.2 Å². The predicted molar refractivity (Wildman–Crippen MR) is 72.7 cm³/mol. The van der Waals surface area contributed by atoms with Crippen molar-refractivity contribution in [3.63, 3.8) is 0 Å². The fourth-order valence-corrected chi connectivity index (χ4v) is 2.56. The molecule has 3 rings (SSSR count). The number of para-hydroxylation sites is 1. The molecule has 0 bridgehead atoms. The molecule has 0 saturated carbocycles. The van der Waals surface area contributed by atoms with Crippen molar-refractivity contribution >= 4 is 11.5 Å². The molecular formula is C16H13F2NO. The Bertz CT molecular complexity index is 669. The number of hydrogen-bond donors (Lipinski definition) is 1. The van der Waals surface area contributed by atoms with E-state index in [9.17, 15) is 13.6 Å². The molecule has 1 atom stereocenters. The van der Waals surface area contributed by atoms with Gasteiger partial charge in [-0.15, -0.1) is 0 Å². The van der Waals surface area contributed by atoms with E-state index in [-0.39, 0.29) is 23.7 Å². The minimum atomic E-state index is -0.543. The molecule has 1 aliphatic heterocycles. The second-order valence-corrected chi connectivity index (χ2v) is 4.90. The van der Waals surface area contributed by atoms with Gasteiger partial charge in [0.05, 0.1) is 5.92 Å². The van der Waals surface area contributed by atoms with Crippen LogP contribution in [0.4, 0.5) is 14.5 Å². The van der Waals surface area contributed by atoms with Crippen LogP contribution in [0, 0.1) is 11.6 Å². The van der Waals surface area contributed by atoms with Crippen LogP contribution in [0.1, 0.15) is 17.0 Å². The Hall–Kier alpha value is -2.23. The third-order valence-electron chi connectivity index (χ3n) is 3.59. The van der Waals surface area contributed by atoms with E-state index in [1.807, 2.05) is 24.3 Å². The topological polar surface area (TPSA) is 29.1 Å². The maximum atomic E-state index is 13.6. The van der Waals surface area contributed by atoms with Crippen molar-refractivity contribution in [1.29, 1.82) is 0 Å². The van der Waals surface area contributed by atoms with Crippen LogP contribution < -0.4 is 5.32 Å². The lowest BCUT2D eigenvalue weighted by molar-refractivity contribution is -0.119. The summed E-state index contributed by atoms with van der Waals surface area (Å²) in [6, 6.07) is 10.8. The predicted octanol–water partition coefficient (Wildman–Crippen LogP) is 3.29. The smallest absolute Gasteiger partial charge is 0.146 e. The van der Waals surface area contributed by atoms with Crippen LogP contribution >= 0.6 is 0 Å². The van der Waals surface area contributed by atoms with E-state index in [0.29, 0.717) is 6.54 Å². The highest BCUT2D eigenvalue weighted by atomic mass is 19.1. The summed E-state index contributed by atoms with van der Waals surface area (Å²) >= 11 is 0. The van der Waals surface area contributed by atoms with Crippen LogP contribution in [0.5, 0.6) is 0 Å². The number of rotatable bonds is 3. The first-order chi connectivity index (χ1) is 9.65. The quantitative estimate of drug-likeness (QED) is 0.929. The second-order valence-electron chi connectivity index (χ2n) is 4.90. The van der Waals surface area contributed by atoms with Gasteiger partial charge < -0.3 is 5.32 Å². The van der Waals surface area contributed by atoms with Crippen molar-refractivity contribution in [2.75, 3.05) is 11.9 Å². The summed E-state index contributed by atoms with van der Waals surface area (Å²) in [7, 11) is 0. The first kappa shape index (κ1) is 12.8. The fourth-order valence-electron chi connectivity index (χ4n) is 2.56. The third kappa shape index (κ3) is 2.29. The minimum absolute atomic E-state index is 0.0930. The van der Waals surface area contributed by atoms with Gasteiger partial charge in [0.1, 0.15) is 17.4 Å². The molecule has 1 unspecified atom stereocenters. The van der Waals surface area contributed by atoms with Crippen molar-refractivity contribution < 1.29 is 13.6 Å². The van der Waals surface area contributed by atoms with E-state index in [0.717, 1.165) is 29.4 Å². The summed E-state index contributed by atoms with van der Waals surface area (Å²) in [5, 5.41) is 3.15. The van der Waals surface area contributed by atoms with Crippen molar-refractivity contribution in [3.8, 4) is 0 Å². The van der Waals surface area contributed by atoms with Gasteiger partial charge in [-0.05, 0) is 35.4 Å². The molecule has 2 aromatic rings.